The molecule has 1 aromatic heterocycles. The van der Waals surface area contributed by atoms with Crippen LogP contribution in [0.3, 0.4) is 0 Å². The van der Waals surface area contributed by atoms with Gasteiger partial charge in [0.1, 0.15) is 11.3 Å². The van der Waals surface area contributed by atoms with Crippen molar-refractivity contribution in [2.75, 3.05) is 0 Å². The molecular formula is C14H14O. The van der Waals surface area contributed by atoms with Crippen LogP contribution in [0.15, 0.2) is 28.7 Å². The quantitative estimate of drug-likeness (QED) is 0.624. The minimum Gasteiger partial charge on any atom is -0.456 e. The van der Waals surface area contributed by atoms with E-state index >= 15 is 0 Å². The SMILES string of the molecule is Cc1cccc2c3c(oc12)C=CC(C)C3. The highest BCUT2D eigenvalue weighted by Gasteiger charge is 2.18. The van der Waals surface area contributed by atoms with Crippen LogP contribution >= 0.6 is 0 Å². The van der Waals surface area contributed by atoms with Crippen molar-refractivity contribution in [3.63, 3.8) is 0 Å². The molecule has 1 heterocycles. The van der Waals surface area contributed by atoms with Crippen molar-refractivity contribution in [1.82, 2.24) is 0 Å². The highest BCUT2D eigenvalue weighted by Crippen LogP contribution is 2.33. The van der Waals surface area contributed by atoms with Crippen molar-refractivity contribution in [2.24, 2.45) is 5.92 Å². The van der Waals surface area contributed by atoms with E-state index in [1.54, 1.807) is 0 Å². The fourth-order valence-corrected chi connectivity index (χ4v) is 2.32. The lowest BCUT2D eigenvalue weighted by Gasteiger charge is -2.10. The number of fused-ring (bicyclic) bond motifs is 3. The maximum atomic E-state index is 5.88. The smallest absolute Gasteiger partial charge is 0.137 e. The van der Waals surface area contributed by atoms with Crippen molar-refractivity contribution >= 4 is 17.0 Å². The summed E-state index contributed by atoms with van der Waals surface area (Å²) in [7, 11) is 0. The summed E-state index contributed by atoms with van der Waals surface area (Å²) in [6.07, 6.45) is 5.44. The molecule has 2 aromatic rings. The van der Waals surface area contributed by atoms with Gasteiger partial charge in [0, 0.05) is 10.9 Å². The van der Waals surface area contributed by atoms with Crippen LogP contribution < -0.4 is 0 Å². The zero-order valence-corrected chi connectivity index (χ0v) is 9.08. The Balaban J connectivity index is 2.35. The summed E-state index contributed by atoms with van der Waals surface area (Å²) in [5.41, 5.74) is 3.66. The summed E-state index contributed by atoms with van der Waals surface area (Å²) >= 11 is 0. The summed E-state index contributed by atoms with van der Waals surface area (Å²) in [5.74, 6) is 1.68. The second-order valence-corrected chi connectivity index (χ2v) is 4.44. The van der Waals surface area contributed by atoms with Gasteiger partial charge in [0.05, 0.1) is 0 Å². The first-order valence-electron chi connectivity index (χ1n) is 5.45. The Bertz CT molecular complexity index is 546. The number of rotatable bonds is 0. The van der Waals surface area contributed by atoms with Gasteiger partial charge in [-0.25, -0.2) is 0 Å². The molecule has 0 fully saturated rings. The van der Waals surface area contributed by atoms with Crippen LogP contribution in [0.25, 0.3) is 17.0 Å². The van der Waals surface area contributed by atoms with Gasteiger partial charge in [0.25, 0.3) is 0 Å². The third-order valence-corrected chi connectivity index (χ3v) is 3.15. The van der Waals surface area contributed by atoms with Gasteiger partial charge < -0.3 is 4.42 Å². The number of para-hydroxylation sites is 1. The van der Waals surface area contributed by atoms with E-state index in [4.69, 9.17) is 4.42 Å². The minimum absolute atomic E-state index is 0.624. The Morgan fingerprint density at radius 2 is 2.20 bits per heavy atom. The minimum atomic E-state index is 0.624. The molecule has 76 valence electrons. The van der Waals surface area contributed by atoms with E-state index in [0.29, 0.717) is 5.92 Å². The maximum Gasteiger partial charge on any atom is 0.137 e. The standard InChI is InChI=1S/C14H14O/c1-9-6-7-13-12(8-9)11-5-3-4-10(2)14(11)15-13/h3-7,9H,8H2,1-2H3. The molecule has 0 saturated carbocycles. The molecular weight excluding hydrogens is 184 g/mol. The molecule has 1 aromatic carbocycles. The lowest BCUT2D eigenvalue weighted by Crippen LogP contribution is -2.00. The van der Waals surface area contributed by atoms with E-state index in [9.17, 15) is 0 Å². The monoisotopic (exact) mass is 198 g/mol. The Morgan fingerprint density at radius 1 is 1.33 bits per heavy atom. The van der Waals surface area contributed by atoms with Gasteiger partial charge in [0.2, 0.25) is 0 Å². The number of benzene rings is 1. The second kappa shape index (κ2) is 2.99. The van der Waals surface area contributed by atoms with E-state index in [1.165, 1.54) is 16.5 Å². The second-order valence-electron chi connectivity index (χ2n) is 4.44. The van der Waals surface area contributed by atoms with Gasteiger partial charge >= 0.3 is 0 Å². The fraction of sp³-hybridized carbons (Fsp3) is 0.286. The predicted octanol–water partition coefficient (Wildman–Crippen LogP) is 3.95. The largest absolute Gasteiger partial charge is 0.456 e. The maximum absolute atomic E-state index is 5.88. The Hall–Kier alpha value is -1.50. The average molecular weight is 198 g/mol. The normalized spacial score (nSPS) is 19.5. The zero-order chi connectivity index (χ0) is 10.4. The Kier molecular flexibility index (Phi) is 1.75. The summed E-state index contributed by atoms with van der Waals surface area (Å²) in [5, 5.41) is 1.29. The zero-order valence-electron chi connectivity index (χ0n) is 9.08. The van der Waals surface area contributed by atoms with E-state index in [0.717, 1.165) is 17.8 Å². The van der Waals surface area contributed by atoms with Crippen LogP contribution in [0.2, 0.25) is 0 Å². The molecule has 1 heteroatoms. The van der Waals surface area contributed by atoms with E-state index in [2.05, 4.69) is 44.2 Å². The van der Waals surface area contributed by atoms with Gasteiger partial charge in [-0.05, 0) is 30.9 Å². The van der Waals surface area contributed by atoms with Gasteiger partial charge in [-0.15, -0.1) is 0 Å². The highest BCUT2D eigenvalue weighted by atomic mass is 16.3. The molecule has 1 nitrogen and oxygen atoms in total. The number of hydrogen-bond donors (Lipinski definition) is 0. The van der Waals surface area contributed by atoms with Crippen LogP contribution in [0.1, 0.15) is 23.8 Å². The van der Waals surface area contributed by atoms with Crippen LogP contribution in [-0.2, 0) is 6.42 Å². The summed E-state index contributed by atoms with van der Waals surface area (Å²) in [6.45, 7) is 4.35. The fourth-order valence-electron chi connectivity index (χ4n) is 2.32. The summed E-state index contributed by atoms with van der Waals surface area (Å²) in [4.78, 5) is 0. The molecule has 0 spiro atoms. The molecule has 1 aliphatic rings. The van der Waals surface area contributed by atoms with Crippen molar-refractivity contribution in [3.8, 4) is 0 Å². The van der Waals surface area contributed by atoms with Crippen LogP contribution in [0.4, 0.5) is 0 Å². The van der Waals surface area contributed by atoms with Crippen LogP contribution in [-0.4, -0.2) is 0 Å². The van der Waals surface area contributed by atoms with Crippen molar-refractivity contribution < 1.29 is 4.42 Å². The average Bonchev–Trinajstić information content (AvgIpc) is 2.58. The number of allylic oxidation sites excluding steroid dienone is 1. The van der Waals surface area contributed by atoms with E-state index < -0.39 is 0 Å². The lowest BCUT2D eigenvalue weighted by molar-refractivity contribution is 0.582. The van der Waals surface area contributed by atoms with Gasteiger partial charge in [-0.1, -0.05) is 31.2 Å². The van der Waals surface area contributed by atoms with Crippen LogP contribution in [0, 0.1) is 12.8 Å². The van der Waals surface area contributed by atoms with Gasteiger partial charge in [-0.2, -0.15) is 0 Å². The first-order valence-corrected chi connectivity index (χ1v) is 5.45. The van der Waals surface area contributed by atoms with Crippen LogP contribution in [0.5, 0.6) is 0 Å². The van der Waals surface area contributed by atoms with Crippen molar-refractivity contribution in [2.45, 2.75) is 20.3 Å². The molecule has 1 aliphatic carbocycles. The number of furan rings is 1. The Morgan fingerprint density at radius 3 is 3.07 bits per heavy atom. The molecule has 1 unspecified atom stereocenters. The summed E-state index contributed by atoms with van der Waals surface area (Å²) < 4.78 is 5.88. The van der Waals surface area contributed by atoms with Gasteiger partial charge in [-0.3, -0.25) is 0 Å². The van der Waals surface area contributed by atoms with E-state index in [1.807, 2.05) is 0 Å². The molecule has 15 heavy (non-hydrogen) atoms. The third kappa shape index (κ3) is 1.23. The molecule has 0 bridgehead atoms. The summed E-state index contributed by atoms with van der Waals surface area (Å²) in [6, 6.07) is 6.37. The molecule has 0 radical (unpaired) electrons. The molecule has 3 rings (SSSR count). The molecule has 1 atom stereocenters. The lowest BCUT2D eigenvalue weighted by atomic mass is 9.93. The molecule has 0 amide bonds. The topological polar surface area (TPSA) is 13.1 Å². The third-order valence-electron chi connectivity index (χ3n) is 3.15. The van der Waals surface area contributed by atoms with Crippen molar-refractivity contribution in [3.05, 3.63) is 41.2 Å². The van der Waals surface area contributed by atoms with Gasteiger partial charge in [0.15, 0.2) is 0 Å². The first kappa shape index (κ1) is 8.78. The number of hydrogen-bond acceptors (Lipinski definition) is 1. The highest BCUT2D eigenvalue weighted by molar-refractivity contribution is 5.87. The number of aryl methyl sites for hydroxylation is 1. The molecule has 0 N–H and O–H groups in total. The van der Waals surface area contributed by atoms with Crippen molar-refractivity contribution in [1.29, 1.82) is 0 Å². The first-order chi connectivity index (χ1) is 7.25. The predicted molar refractivity (Wildman–Crippen MR) is 62.9 cm³/mol. The Labute approximate surface area is 89.4 Å². The molecule has 0 aliphatic heterocycles. The molecule has 0 saturated heterocycles. The van der Waals surface area contributed by atoms with E-state index in [-0.39, 0.29) is 0 Å².